The van der Waals surface area contributed by atoms with Crippen molar-refractivity contribution in [3.05, 3.63) is 83.0 Å². The average Bonchev–Trinajstić information content (AvgIpc) is 2.75. The standard InChI is InChI=1S/C24H25ClFN7O/c1-24(2,3)30-13-17(21(27)19-9-10-29-22(28)32-19)14-7-8-18(26)20(11-14)33-23(34)31-16-6-4-5-15(25)12-16/h4-13,27,30H,1-3H3,(H2,28,29,32)(H2,31,33,34)/b17-13-,27-21?. The summed E-state index contributed by atoms with van der Waals surface area (Å²) in [6, 6.07) is 11.7. The zero-order valence-electron chi connectivity index (χ0n) is 18.9. The lowest BCUT2D eigenvalue weighted by atomic mass is 9.98. The van der Waals surface area contributed by atoms with Crippen LogP contribution in [-0.2, 0) is 0 Å². The Morgan fingerprint density at radius 2 is 1.91 bits per heavy atom. The van der Waals surface area contributed by atoms with Gasteiger partial charge in [0, 0.05) is 34.2 Å². The summed E-state index contributed by atoms with van der Waals surface area (Å²) in [7, 11) is 0. The molecular formula is C24H25ClFN7O. The van der Waals surface area contributed by atoms with Gasteiger partial charge < -0.3 is 21.7 Å². The lowest BCUT2D eigenvalue weighted by molar-refractivity contribution is 0.262. The number of urea groups is 1. The molecule has 0 spiro atoms. The van der Waals surface area contributed by atoms with Crippen molar-refractivity contribution in [3.63, 3.8) is 0 Å². The fraction of sp³-hybridized carbons (Fsp3) is 0.167. The fourth-order valence-corrected chi connectivity index (χ4v) is 3.07. The number of nitrogens with two attached hydrogens (primary N) is 1. The molecule has 1 aromatic heterocycles. The third-order valence-corrected chi connectivity index (χ3v) is 4.69. The van der Waals surface area contributed by atoms with E-state index in [9.17, 15) is 9.18 Å². The van der Waals surface area contributed by atoms with E-state index in [2.05, 4.69) is 25.9 Å². The maximum atomic E-state index is 14.6. The number of nitrogens with zero attached hydrogens (tertiary/aromatic N) is 2. The first-order chi connectivity index (χ1) is 16.0. The second-order valence-corrected chi connectivity index (χ2v) is 8.85. The van der Waals surface area contributed by atoms with Crippen molar-refractivity contribution < 1.29 is 9.18 Å². The molecule has 10 heteroatoms. The van der Waals surface area contributed by atoms with Crippen molar-refractivity contribution in [2.24, 2.45) is 0 Å². The number of allylic oxidation sites excluding steroid dienone is 1. The van der Waals surface area contributed by atoms with Crippen molar-refractivity contribution in [2.45, 2.75) is 26.3 Å². The van der Waals surface area contributed by atoms with Crippen molar-refractivity contribution >= 4 is 46.2 Å². The Bertz CT molecular complexity index is 1250. The first-order valence-electron chi connectivity index (χ1n) is 10.3. The Morgan fingerprint density at radius 3 is 2.59 bits per heavy atom. The van der Waals surface area contributed by atoms with Crippen LogP contribution in [0.4, 0.5) is 26.5 Å². The molecule has 34 heavy (non-hydrogen) atoms. The summed E-state index contributed by atoms with van der Waals surface area (Å²) in [5, 5.41) is 17.5. The van der Waals surface area contributed by atoms with Gasteiger partial charge in [0.25, 0.3) is 0 Å². The van der Waals surface area contributed by atoms with Crippen molar-refractivity contribution in [2.75, 3.05) is 16.4 Å². The Kier molecular flexibility index (Phi) is 7.47. The summed E-state index contributed by atoms with van der Waals surface area (Å²) in [6.07, 6.45) is 3.11. The van der Waals surface area contributed by atoms with Gasteiger partial charge in [-0.25, -0.2) is 19.2 Å². The van der Waals surface area contributed by atoms with E-state index in [1.165, 1.54) is 24.4 Å². The number of benzene rings is 2. The fourth-order valence-electron chi connectivity index (χ4n) is 2.88. The van der Waals surface area contributed by atoms with Crippen molar-refractivity contribution in [1.29, 1.82) is 5.41 Å². The van der Waals surface area contributed by atoms with E-state index in [-0.39, 0.29) is 22.9 Å². The van der Waals surface area contributed by atoms with Gasteiger partial charge in [-0.2, -0.15) is 0 Å². The van der Waals surface area contributed by atoms with E-state index in [1.807, 2.05) is 20.8 Å². The van der Waals surface area contributed by atoms with Gasteiger partial charge in [-0.15, -0.1) is 0 Å². The number of carbonyl (C=O) groups is 1. The highest BCUT2D eigenvalue weighted by Crippen LogP contribution is 2.25. The maximum absolute atomic E-state index is 14.6. The molecule has 3 rings (SSSR count). The van der Waals surface area contributed by atoms with E-state index in [4.69, 9.17) is 22.7 Å². The van der Waals surface area contributed by atoms with Crippen LogP contribution in [0.15, 0.2) is 60.9 Å². The monoisotopic (exact) mass is 481 g/mol. The Labute approximate surface area is 202 Å². The van der Waals surface area contributed by atoms with Crippen LogP contribution in [-0.4, -0.2) is 27.2 Å². The van der Waals surface area contributed by atoms with Crippen LogP contribution < -0.4 is 21.7 Å². The van der Waals surface area contributed by atoms with E-state index in [0.29, 0.717) is 27.5 Å². The lowest BCUT2D eigenvalue weighted by Crippen LogP contribution is -2.32. The van der Waals surface area contributed by atoms with Crippen LogP contribution in [0.2, 0.25) is 5.02 Å². The molecule has 1 heterocycles. The van der Waals surface area contributed by atoms with Gasteiger partial charge in [0.2, 0.25) is 5.95 Å². The van der Waals surface area contributed by atoms with Crippen molar-refractivity contribution in [3.8, 4) is 0 Å². The third-order valence-electron chi connectivity index (χ3n) is 4.46. The zero-order valence-corrected chi connectivity index (χ0v) is 19.7. The number of hydrogen-bond donors (Lipinski definition) is 5. The highest BCUT2D eigenvalue weighted by atomic mass is 35.5. The molecule has 2 amide bonds. The Morgan fingerprint density at radius 1 is 1.15 bits per heavy atom. The zero-order chi connectivity index (χ0) is 24.9. The number of nitrogen functional groups attached to an aromatic ring is 1. The minimum absolute atomic E-state index is 0.0320. The third kappa shape index (κ3) is 6.76. The summed E-state index contributed by atoms with van der Waals surface area (Å²) >= 11 is 5.94. The quantitative estimate of drug-likeness (QED) is 0.305. The number of aromatic nitrogens is 2. The molecule has 0 aliphatic carbocycles. The first-order valence-corrected chi connectivity index (χ1v) is 10.7. The largest absolute Gasteiger partial charge is 0.386 e. The van der Waals surface area contributed by atoms with Crippen molar-refractivity contribution in [1.82, 2.24) is 15.3 Å². The minimum Gasteiger partial charge on any atom is -0.386 e. The van der Waals surface area contributed by atoms with E-state index in [0.717, 1.165) is 0 Å². The van der Waals surface area contributed by atoms with Crippen LogP contribution in [0.3, 0.4) is 0 Å². The van der Waals surface area contributed by atoms with E-state index in [1.54, 1.807) is 36.5 Å². The van der Waals surface area contributed by atoms with Crippen LogP contribution in [0.5, 0.6) is 0 Å². The molecule has 0 atom stereocenters. The summed E-state index contributed by atoms with van der Waals surface area (Å²) < 4.78 is 14.6. The average molecular weight is 482 g/mol. The van der Waals surface area contributed by atoms with Gasteiger partial charge in [-0.3, -0.25) is 5.41 Å². The normalized spacial score (nSPS) is 11.6. The summed E-state index contributed by atoms with van der Waals surface area (Å²) in [6.45, 7) is 5.89. The van der Waals surface area contributed by atoms with Gasteiger partial charge in [0.1, 0.15) is 5.82 Å². The smallest absolute Gasteiger partial charge is 0.323 e. The highest BCUT2D eigenvalue weighted by molar-refractivity contribution is 6.31. The second kappa shape index (κ2) is 10.3. The van der Waals surface area contributed by atoms with Gasteiger partial charge in [-0.1, -0.05) is 23.7 Å². The second-order valence-electron chi connectivity index (χ2n) is 8.41. The maximum Gasteiger partial charge on any atom is 0.323 e. The highest BCUT2D eigenvalue weighted by Gasteiger charge is 2.17. The van der Waals surface area contributed by atoms with Gasteiger partial charge in [-0.05, 0) is 62.7 Å². The van der Waals surface area contributed by atoms with Gasteiger partial charge in [0.15, 0.2) is 0 Å². The van der Waals surface area contributed by atoms with Crippen LogP contribution >= 0.6 is 11.6 Å². The molecule has 2 aromatic carbocycles. The Balaban J connectivity index is 1.93. The predicted octanol–water partition coefficient (Wildman–Crippen LogP) is 5.29. The lowest BCUT2D eigenvalue weighted by Gasteiger charge is -2.21. The number of halogens is 2. The minimum atomic E-state index is -0.643. The molecule has 0 aliphatic heterocycles. The molecule has 0 bridgehead atoms. The van der Waals surface area contributed by atoms with Gasteiger partial charge in [0.05, 0.1) is 17.1 Å². The summed E-state index contributed by atoms with van der Waals surface area (Å²) in [5.74, 6) is -0.601. The molecule has 8 nitrogen and oxygen atoms in total. The molecule has 0 fully saturated rings. The molecule has 0 saturated carbocycles. The molecule has 0 radical (unpaired) electrons. The number of anilines is 3. The van der Waals surface area contributed by atoms with Crippen LogP contribution in [0.25, 0.3) is 5.57 Å². The topological polar surface area (TPSA) is 129 Å². The van der Waals surface area contributed by atoms with Crippen LogP contribution in [0.1, 0.15) is 32.0 Å². The summed E-state index contributed by atoms with van der Waals surface area (Å²) in [4.78, 5) is 20.4. The summed E-state index contributed by atoms with van der Waals surface area (Å²) in [5.41, 5.74) is 7.04. The van der Waals surface area contributed by atoms with Crippen LogP contribution in [0, 0.1) is 11.2 Å². The first kappa shape index (κ1) is 24.7. The van der Waals surface area contributed by atoms with E-state index >= 15 is 0 Å². The van der Waals surface area contributed by atoms with E-state index < -0.39 is 11.8 Å². The molecule has 176 valence electrons. The molecule has 0 aliphatic rings. The number of amides is 2. The number of carbonyl (C=O) groups excluding carboxylic acids is 1. The molecule has 3 aromatic rings. The SMILES string of the molecule is CC(C)(C)N/C=C(\C(=N)c1ccnc(N)n1)c1ccc(F)c(NC(=O)Nc2cccc(Cl)c2)c1. The van der Waals surface area contributed by atoms with Gasteiger partial charge >= 0.3 is 6.03 Å². The number of nitrogens with one attached hydrogen (secondary N) is 4. The molecular weight excluding hydrogens is 457 g/mol. The Hall–Kier alpha value is -3.98. The molecule has 6 N–H and O–H groups in total. The molecule has 0 unspecified atom stereocenters. The molecule has 0 saturated heterocycles. The number of rotatable bonds is 6. The number of hydrogen-bond acceptors (Lipinski definition) is 6. The predicted molar refractivity (Wildman–Crippen MR) is 135 cm³/mol.